The molecule has 2 rings (SSSR count). The quantitative estimate of drug-likeness (QED) is 0.590. The molecule has 102 valence electrons. The lowest BCUT2D eigenvalue weighted by atomic mass is 10.2. The van der Waals surface area contributed by atoms with Crippen molar-refractivity contribution < 1.29 is 14.6 Å². The lowest BCUT2D eigenvalue weighted by molar-refractivity contribution is -0.131. The maximum absolute atomic E-state index is 10.6. The molecule has 0 fully saturated rings. The van der Waals surface area contributed by atoms with E-state index in [9.17, 15) is 4.79 Å². The van der Waals surface area contributed by atoms with Crippen molar-refractivity contribution >= 4 is 46.2 Å². The Morgan fingerprint density at radius 1 is 1.20 bits per heavy atom. The maximum atomic E-state index is 10.6. The summed E-state index contributed by atoms with van der Waals surface area (Å²) in [5, 5.41) is 9.23. The third-order valence-electron chi connectivity index (χ3n) is 2.43. The van der Waals surface area contributed by atoms with Gasteiger partial charge in [-0.25, -0.2) is 4.79 Å². The number of para-hydroxylation sites is 1. The number of aliphatic carboxylic acids is 1. The molecule has 0 spiro atoms. The van der Waals surface area contributed by atoms with Crippen LogP contribution in [0.3, 0.4) is 0 Å². The molecule has 20 heavy (non-hydrogen) atoms. The van der Waals surface area contributed by atoms with Gasteiger partial charge in [0, 0.05) is 16.7 Å². The summed E-state index contributed by atoms with van der Waals surface area (Å²) in [4.78, 5) is 10.6. The Labute approximate surface area is 135 Å². The highest BCUT2D eigenvalue weighted by atomic mass is 127. The zero-order valence-corrected chi connectivity index (χ0v) is 13.1. The van der Waals surface area contributed by atoms with Gasteiger partial charge in [-0.2, -0.15) is 0 Å². The van der Waals surface area contributed by atoms with E-state index in [2.05, 4.69) is 22.6 Å². The third-order valence-corrected chi connectivity index (χ3v) is 3.56. The zero-order valence-electron chi connectivity index (χ0n) is 10.2. The van der Waals surface area contributed by atoms with Crippen molar-refractivity contribution in [3.8, 4) is 11.5 Å². The molecule has 0 aliphatic rings. The van der Waals surface area contributed by atoms with Gasteiger partial charge in [-0.05, 0) is 59.0 Å². The van der Waals surface area contributed by atoms with Gasteiger partial charge in [-0.3, -0.25) is 0 Å². The monoisotopic (exact) mass is 400 g/mol. The average molecular weight is 401 g/mol. The highest BCUT2D eigenvalue weighted by Gasteiger charge is 2.06. The summed E-state index contributed by atoms with van der Waals surface area (Å²) in [5.74, 6) is 0.238. The molecule has 2 aromatic rings. The van der Waals surface area contributed by atoms with Gasteiger partial charge in [0.15, 0.2) is 0 Å². The Morgan fingerprint density at radius 3 is 2.65 bits per heavy atom. The molecule has 0 saturated carbocycles. The van der Waals surface area contributed by atoms with E-state index in [-0.39, 0.29) is 0 Å². The molecule has 0 amide bonds. The van der Waals surface area contributed by atoms with Gasteiger partial charge in [-0.1, -0.05) is 23.7 Å². The summed E-state index contributed by atoms with van der Waals surface area (Å²) in [6, 6.07) is 12.6. The standard InChI is InChI=1S/C15H10ClIO3/c16-11-6-7-13(10(9-11)5-8-15(18)19)20-14-4-2-1-3-12(14)17/h1-9H,(H,18,19)/b8-5+. The van der Waals surface area contributed by atoms with Crippen molar-refractivity contribution in [2.45, 2.75) is 0 Å². The van der Waals surface area contributed by atoms with Crippen LogP contribution < -0.4 is 4.74 Å². The number of carbonyl (C=O) groups is 1. The predicted octanol–water partition coefficient (Wildman–Crippen LogP) is 4.83. The third kappa shape index (κ3) is 3.98. The Kier molecular flexibility index (Phi) is 5.03. The lowest BCUT2D eigenvalue weighted by Gasteiger charge is -2.10. The van der Waals surface area contributed by atoms with Gasteiger partial charge in [0.05, 0.1) is 3.57 Å². The van der Waals surface area contributed by atoms with E-state index in [1.54, 1.807) is 18.2 Å². The van der Waals surface area contributed by atoms with Crippen LogP contribution in [0.1, 0.15) is 5.56 Å². The fourth-order valence-electron chi connectivity index (χ4n) is 1.55. The molecule has 0 atom stereocenters. The topological polar surface area (TPSA) is 46.5 Å². The van der Waals surface area contributed by atoms with Crippen LogP contribution in [-0.2, 0) is 4.79 Å². The van der Waals surface area contributed by atoms with E-state index in [1.165, 1.54) is 6.08 Å². The SMILES string of the molecule is O=C(O)/C=C/c1cc(Cl)ccc1Oc1ccccc1I. The first kappa shape index (κ1) is 14.9. The first-order chi connectivity index (χ1) is 9.56. The normalized spacial score (nSPS) is 10.7. The number of hydrogen-bond acceptors (Lipinski definition) is 2. The predicted molar refractivity (Wildman–Crippen MR) is 87.4 cm³/mol. The van der Waals surface area contributed by atoms with Crippen molar-refractivity contribution in [1.29, 1.82) is 0 Å². The molecule has 0 heterocycles. The van der Waals surface area contributed by atoms with Crippen LogP contribution in [0, 0.1) is 3.57 Å². The van der Waals surface area contributed by atoms with E-state index in [1.807, 2.05) is 24.3 Å². The Morgan fingerprint density at radius 2 is 1.95 bits per heavy atom. The van der Waals surface area contributed by atoms with E-state index >= 15 is 0 Å². The molecule has 0 unspecified atom stereocenters. The number of carboxylic acid groups (broad SMARTS) is 1. The summed E-state index contributed by atoms with van der Waals surface area (Å²) in [6.07, 6.45) is 2.51. The van der Waals surface area contributed by atoms with Gasteiger partial charge in [0.25, 0.3) is 0 Å². The Hall–Kier alpha value is -1.53. The molecule has 0 aliphatic heterocycles. The molecule has 0 aromatic heterocycles. The molecular formula is C15H10ClIO3. The van der Waals surface area contributed by atoms with Crippen LogP contribution in [0.5, 0.6) is 11.5 Å². The van der Waals surface area contributed by atoms with Crippen LogP contribution in [-0.4, -0.2) is 11.1 Å². The van der Waals surface area contributed by atoms with Crippen molar-refractivity contribution in [3.05, 3.63) is 62.7 Å². The van der Waals surface area contributed by atoms with E-state index < -0.39 is 5.97 Å². The molecule has 0 radical (unpaired) electrons. The number of carboxylic acids is 1. The van der Waals surface area contributed by atoms with E-state index in [0.717, 1.165) is 9.65 Å². The molecule has 0 aliphatic carbocycles. The Balaban J connectivity index is 2.36. The lowest BCUT2D eigenvalue weighted by Crippen LogP contribution is -1.91. The summed E-state index contributed by atoms with van der Waals surface area (Å²) in [5.41, 5.74) is 0.611. The molecule has 3 nitrogen and oxygen atoms in total. The second kappa shape index (κ2) is 6.76. The Bertz CT molecular complexity index is 668. The number of rotatable bonds is 4. The maximum Gasteiger partial charge on any atom is 0.328 e. The van der Waals surface area contributed by atoms with Crippen LogP contribution in [0.2, 0.25) is 5.02 Å². The van der Waals surface area contributed by atoms with Gasteiger partial charge < -0.3 is 9.84 Å². The van der Waals surface area contributed by atoms with Gasteiger partial charge in [0.1, 0.15) is 11.5 Å². The van der Waals surface area contributed by atoms with Crippen molar-refractivity contribution in [2.75, 3.05) is 0 Å². The highest BCUT2D eigenvalue weighted by Crippen LogP contribution is 2.31. The summed E-state index contributed by atoms with van der Waals surface area (Å²) < 4.78 is 6.78. The van der Waals surface area contributed by atoms with Crippen molar-refractivity contribution in [2.24, 2.45) is 0 Å². The first-order valence-electron chi connectivity index (χ1n) is 5.69. The van der Waals surface area contributed by atoms with E-state index in [0.29, 0.717) is 22.1 Å². The minimum absolute atomic E-state index is 0.519. The second-order valence-electron chi connectivity index (χ2n) is 3.89. The molecule has 5 heteroatoms. The van der Waals surface area contributed by atoms with E-state index in [4.69, 9.17) is 21.4 Å². The first-order valence-corrected chi connectivity index (χ1v) is 7.15. The largest absolute Gasteiger partial charge is 0.478 e. The zero-order chi connectivity index (χ0) is 14.5. The minimum atomic E-state index is -1.02. The van der Waals surface area contributed by atoms with Crippen molar-refractivity contribution in [3.63, 3.8) is 0 Å². The van der Waals surface area contributed by atoms with Crippen molar-refractivity contribution in [1.82, 2.24) is 0 Å². The van der Waals surface area contributed by atoms with Gasteiger partial charge in [0.2, 0.25) is 0 Å². The molecule has 2 aromatic carbocycles. The highest BCUT2D eigenvalue weighted by molar-refractivity contribution is 14.1. The van der Waals surface area contributed by atoms with Gasteiger partial charge >= 0.3 is 5.97 Å². The smallest absolute Gasteiger partial charge is 0.328 e. The number of ether oxygens (including phenoxy) is 1. The number of halogens is 2. The summed E-state index contributed by atoms with van der Waals surface area (Å²) in [6.45, 7) is 0. The van der Waals surface area contributed by atoms with Crippen LogP contribution >= 0.6 is 34.2 Å². The summed E-state index contributed by atoms with van der Waals surface area (Å²) >= 11 is 8.10. The average Bonchev–Trinajstić information content (AvgIpc) is 2.41. The number of hydrogen-bond donors (Lipinski definition) is 1. The minimum Gasteiger partial charge on any atom is -0.478 e. The fourth-order valence-corrected chi connectivity index (χ4v) is 2.23. The molecular weight excluding hydrogens is 391 g/mol. The van der Waals surface area contributed by atoms with Crippen LogP contribution in [0.15, 0.2) is 48.5 Å². The van der Waals surface area contributed by atoms with Crippen LogP contribution in [0.25, 0.3) is 6.08 Å². The molecule has 1 N–H and O–H groups in total. The van der Waals surface area contributed by atoms with Gasteiger partial charge in [-0.15, -0.1) is 0 Å². The molecule has 0 bridgehead atoms. The van der Waals surface area contributed by atoms with Crippen LogP contribution in [0.4, 0.5) is 0 Å². The molecule has 0 saturated heterocycles. The number of benzene rings is 2. The second-order valence-corrected chi connectivity index (χ2v) is 5.48. The summed E-state index contributed by atoms with van der Waals surface area (Å²) in [7, 11) is 0. The fraction of sp³-hybridized carbons (Fsp3) is 0.